The van der Waals surface area contributed by atoms with E-state index in [4.69, 9.17) is 9.47 Å². The summed E-state index contributed by atoms with van der Waals surface area (Å²) in [5, 5.41) is 10.1. The Morgan fingerprint density at radius 2 is 1.93 bits per heavy atom. The minimum atomic E-state index is -0.592. The number of benzene rings is 1. The molecule has 0 spiro atoms. The molecular formula is C23H31FN2O3S. The maximum atomic E-state index is 14.4. The van der Waals surface area contributed by atoms with Crippen molar-refractivity contribution in [2.45, 2.75) is 83.7 Å². The Balaban J connectivity index is 1.45. The van der Waals surface area contributed by atoms with E-state index in [0.717, 1.165) is 24.3 Å². The van der Waals surface area contributed by atoms with Crippen LogP contribution in [0.1, 0.15) is 76.1 Å². The Kier molecular flexibility index (Phi) is 9.21. The predicted octanol–water partition coefficient (Wildman–Crippen LogP) is 6.11. The van der Waals surface area contributed by atoms with Crippen LogP contribution in [-0.2, 0) is 16.0 Å². The molecule has 164 valence electrons. The van der Waals surface area contributed by atoms with Crippen LogP contribution in [0.3, 0.4) is 0 Å². The molecule has 0 radical (unpaired) electrons. The van der Waals surface area contributed by atoms with Crippen LogP contribution in [0.4, 0.5) is 4.39 Å². The van der Waals surface area contributed by atoms with Gasteiger partial charge in [0.1, 0.15) is 10.0 Å². The van der Waals surface area contributed by atoms with Crippen molar-refractivity contribution in [3.63, 3.8) is 0 Å². The van der Waals surface area contributed by atoms with Crippen molar-refractivity contribution in [3.8, 4) is 16.3 Å². The van der Waals surface area contributed by atoms with E-state index in [0.29, 0.717) is 23.6 Å². The van der Waals surface area contributed by atoms with Crippen LogP contribution in [0.5, 0.6) is 5.75 Å². The number of rotatable bonds is 12. The third-order valence-electron chi connectivity index (χ3n) is 5.29. The molecule has 0 saturated carbocycles. The summed E-state index contributed by atoms with van der Waals surface area (Å²) in [5.41, 5.74) is 0.643. The Morgan fingerprint density at radius 3 is 2.63 bits per heavy atom. The monoisotopic (exact) mass is 434 g/mol. The summed E-state index contributed by atoms with van der Waals surface area (Å²) >= 11 is 1.49. The largest absolute Gasteiger partial charge is 0.421 e. The Hall–Kier alpha value is -1.86. The highest BCUT2D eigenvalue weighted by atomic mass is 32.1. The molecular weight excluding hydrogens is 403 g/mol. The highest BCUT2D eigenvalue weighted by Gasteiger charge is 2.26. The Bertz CT molecular complexity index is 805. The number of hydrogen-bond acceptors (Lipinski definition) is 6. The molecule has 1 unspecified atom stereocenters. The second-order valence-corrected chi connectivity index (χ2v) is 8.86. The summed E-state index contributed by atoms with van der Waals surface area (Å²) in [5.74, 6) is -1.20. The molecule has 0 bridgehead atoms. The molecule has 1 aliphatic rings. The molecule has 0 amide bonds. The molecule has 0 N–H and O–H groups in total. The van der Waals surface area contributed by atoms with Gasteiger partial charge < -0.3 is 9.47 Å². The van der Waals surface area contributed by atoms with Gasteiger partial charge in [0.2, 0.25) is 0 Å². The lowest BCUT2D eigenvalue weighted by atomic mass is 10.1. The minimum Gasteiger partial charge on any atom is -0.421 e. The zero-order valence-corrected chi connectivity index (χ0v) is 18.5. The van der Waals surface area contributed by atoms with Crippen molar-refractivity contribution in [1.82, 2.24) is 10.2 Å². The van der Waals surface area contributed by atoms with Gasteiger partial charge in [0.25, 0.3) is 0 Å². The molecule has 3 rings (SSSR count). The number of halogens is 1. The average Bonchev–Trinajstić information content (AvgIpc) is 3.44. The zero-order valence-electron chi connectivity index (χ0n) is 17.7. The Morgan fingerprint density at radius 1 is 1.17 bits per heavy atom. The molecule has 1 atom stereocenters. The van der Waals surface area contributed by atoms with E-state index in [9.17, 15) is 9.18 Å². The summed E-state index contributed by atoms with van der Waals surface area (Å²) in [4.78, 5) is 12.0. The predicted molar refractivity (Wildman–Crippen MR) is 116 cm³/mol. The molecule has 0 aliphatic carbocycles. The van der Waals surface area contributed by atoms with Crippen LogP contribution >= 0.6 is 11.3 Å². The van der Waals surface area contributed by atoms with Gasteiger partial charge in [-0.2, -0.15) is 0 Å². The maximum absolute atomic E-state index is 14.4. The minimum absolute atomic E-state index is 0.0806. The lowest BCUT2D eigenvalue weighted by Gasteiger charge is -2.10. The summed E-state index contributed by atoms with van der Waals surface area (Å²) in [6, 6.07) is 4.53. The van der Waals surface area contributed by atoms with E-state index < -0.39 is 17.9 Å². The second kappa shape index (κ2) is 12.1. The fraction of sp³-hybridized carbons (Fsp3) is 0.609. The zero-order chi connectivity index (χ0) is 21.2. The van der Waals surface area contributed by atoms with Gasteiger partial charge in [0.15, 0.2) is 17.7 Å². The molecule has 7 heteroatoms. The van der Waals surface area contributed by atoms with Gasteiger partial charge in [-0.3, -0.25) is 0 Å². The van der Waals surface area contributed by atoms with Crippen LogP contribution in [0, 0.1) is 5.82 Å². The first kappa shape index (κ1) is 22.8. The van der Waals surface area contributed by atoms with Gasteiger partial charge >= 0.3 is 5.97 Å². The van der Waals surface area contributed by atoms with Crippen molar-refractivity contribution in [2.24, 2.45) is 0 Å². The molecule has 30 heavy (non-hydrogen) atoms. The van der Waals surface area contributed by atoms with E-state index in [2.05, 4.69) is 17.1 Å². The van der Waals surface area contributed by atoms with Gasteiger partial charge in [-0.1, -0.05) is 63.2 Å². The van der Waals surface area contributed by atoms with E-state index in [-0.39, 0.29) is 5.75 Å². The lowest BCUT2D eigenvalue weighted by molar-refractivity contribution is -0.144. The van der Waals surface area contributed by atoms with Crippen LogP contribution < -0.4 is 4.74 Å². The van der Waals surface area contributed by atoms with Crippen molar-refractivity contribution < 1.29 is 18.7 Å². The quantitative estimate of drug-likeness (QED) is 0.229. The number of aromatic nitrogens is 2. The smallest absolute Gasteiger partial charge is 0.340 e. The first-order chi connectivity index (χ1) is 14.7. The fourth-order valence-corrected chi connectivity index (χ4v) is 4.41. The van der Waals surface area contributed by atoms with Gasteiger partial charge in [0, 0.05) is 18.6 Å². The molecule has 2 heterocycles. The Labute approximate surface area is 182 Å². The number of carbonyl (C=O) groups is 1. The molecule has 1 aliphatic heterocycles. The average molecular weight is 435 g/mol. The number of unbranched alkanes of at least 4 members (excludes halogenated alkanes) is 7. The summed E-state index contributed by atoms with van der Waals surface area (Å²) in [7, 11) is 0. The highest BCUT2D eigenvalue weighted by molar-refractivity contribution is 7.14. The molecule has 1 aromatic carbocycles. The van der Waals surface area contributed by atoms with Crippen molar-refractivity contribution in [2.75, 3.05) is 6.61 Å². The standard InChI is InChI=1S/C23H31FN2O3S/c1-2-3-4-5-6-7-8-9-12-21-25-26-22(30-21)17-13-14-19(18(24)16-17)29-23(27)20-11-10-15-28-20/h13-14,16,20H,2-12,15H2,1H3. The van der Waals surface area contributed by atoms with Gasteiger partial charge in [-0.05, 0) is 37.5 Å². The third kappa shape index (κ3) is 6.84. The summed E-state index contributed by atoms with van der Waals surface area (Å²) < 4.78 is 24.9. The number of esters is 1. The maximum Gasteiger partial charge on any atom is 0.340 e. The van der Waals surface area contributed by atoms with Gasteiger partial charge in [0.05, 0.1) is 0 Å². The van der Waals surface area contributed by atoms with E-state index in [1.807, 2.05) is 0 Å². The first-order valence-corrected chi connectivity index (χ1v) is 11.9. The van der Waals surface area contributed by atoms with Crippen molar-refractivity contribution in [1.29, 1.82) is 0 Å². The van der Waals surface area contributed by atoms with Crippen LogP contribution in [0.15, 0.2) is 18.2 Å². The topological polar surface area (TPSA) is 61.3 Å². The molecule has 1 fully saturated rings. The highest BCUT2D eigenvalue weighted by Crippen LogP contribution is 2.29. The molecule has 1 saturated heterocycles. The number of aryl methyl sites for hydroxylation is 1. The van der Waals surface area contributed by atoms with E-state index in [1.165, 1.54) is 68.4 Å². The van der Waals surface area contributed by atoms with Crippen molar-refractivity contribution in [3.05, 3.63) is 29.0 Å². The van der Waals surface area contributed by atoms with Crippen molar-refractivity contribution >= 4 is 17.3 Å². The summed E-state index contributed by atoms with van der Waals surface area (Å²) in [6.07, 6.45) is 12.0. The van der Waals surface area contributed by atoms with Crippen LogP contribution in [0.2, 0.25) is 0 Å². The SMILES string of the molecule is CCCCCCCCCCc1nnc(-c2ccc(OC(=O)C3CCCO3)c(F)c2)s1. The molecule has 2 aromatic rings. The van der Waals surface area contributed by atoms with E-state index in [1.54, 1.807) is 6.07 Å². The van der Waals surface area contributed by atoms with Crippen LogP contribution in [-0.4, -0.2) is 28.9 Å². The number of carbonyl (C=O) groups excluding carboxylic acids is 1. The molecule has 1 aromatic heterocycles. The summed E-state index contributed by atoms with van der Waals surface area (Å²) in [6.45, 7) is 2.78. The molecule has 5 nitrogen and oxygen atoms in total. The van der Waals surface area contributed by atoms with Gasteiger partial charge in [-0.25, -0.2) is 9.18 Å². The number of nitrogens with zero attached hydrogens (tertiary/aromatic N) is 2. The van der Waals surface area contributed by atoms with Crippen LogP contribution in [0.25, 0.3) is 10.6 Å². The lowest BCUT2D eigenvalue weighted by Crippen LogP contribution is -2.25. The van der Waals surface area contributed by atoms with Gasteiger partial charge in [-0.15, -0.1) is 10.2 Å². The third-order valence-corrected chi connectivity index (χ3v) is 6.33. The van der Waals surface area contributed by atoms with E-state index >= 15 is 0 Å². The number of ether oxygens (including phenoxy) is 2. The fourth-order valence-electron chi connectivity index (χ4n) is 3.54. The normalized spacial score (nSPS) is 16.1. The second-order valence-electron chi connectivity index (χ2n) is 7.79. The first-order valence-electron chi connectivity index (χ1n) is 11.1. The number of hydrogen-bond donors (Lipinski definition) is 0.